The molecule has 0 heterocycles. The maximum Gasteiger partial charge on any atom is 0.310 e. The quantitative estimate of drug-likeness (QED) is 0.355. The van der Waals surface area contributed by atoms with Gasteiger partial charge in [0, 0.05) is 4.90 Å². The SMILES string of the molecule is CCOC(=O)Cc1ccc(CCCCSc2cccc(C)c2)cc1. The summed E-state index contributed by atoms with van der Waals surface area (Å²) in [6.07, 6.45) is 3.86. The second kappa shape index (κ2) is 10.2. The Balaban J connectivity index is 1.66. The van der Waals surface area contributed by atoms with Crippen molar-refractivity contribution < 1.29 is 9.53 Å². The van der Waals surface area contributed by atoms with E-state index in [1.807, 2.05) is 30.8 Å². The molecule has 0 spiro atoms. The number of unbranched alkanes of at least 4 members (excludes halogenated alkanes) is 1. The van der Waals surface area contributed by atoms with E-state index in [-0.39, 0.29) is 5.97 Å². The molecule has 2 rings (SSSR count). The zero-order valence-electron chi connectivity index (χ0n) is 14.6. The summed E-state index contributed by atoms with van der Waals surface area (Å²) in [7, 11) is 0. The molecule has 24 heavy (non-hydrogen) atoms. The lowest BCUT2D eigenvalue weighted by molar-refractivity contribution is -0.142. The molecule has 2 nitrogen and oxygen atoms in total. The van der Waals surface area contributed by atoms with Crippen LogP contribution in [0.15, 0.2) is 53.4 Å². The number of esters is 1. The predicted molar refractivity (Wildman–Crippen MR) is 102 cm³/mol. The van der Waals surface area contributed by atoms with Gasteiger partial charge in [-0.15, -0.1) is 11.8 Å². The Labute approximate surface area is 149 Å². The molecule has 0 bridgehead atoms. The fourth-order valence-electron chi connectivity index (χ4n) is 2.53. The fraction of sp³-hybridized carbons (Fsp3) is 0.381. The van der Waals surface area contributed by atoms with Crippen LogP contribution in [0.1, 0.15) is 36.5 Å². The van der Waals surface area contributed by atoms with Crippen molar-refractivity contribution in [1.29, 1.82) is 0 Å². The maximum absolute atomic E-state index is 11.5. The van der Waals surface area contributed by atoms with Crippen molar-refractivity contribution in [3.63, 3.8) is 0 Å². The highest BCUT2D eigenvalue weighted by atomic mass is 32.2. The van der Waals surface area contributed by atoms with E-state index in [1.165, 1.54) is 28.9 Å². The first-order valence-corrected chi connectivity index (χ1v) is 9.59. The average molecular weight is 343 g/mol. The molecule has 128 valence electrons. The number of hydrogen-bond donors (Lipinski definition) is 0. The molecular formula is C21H26O2S. The summed E-state index contributed by atoms with van der Waals surface area (Å²) < 4.78 is 4.97. The van der Waals surface area contributed by atoms with Crippen molar-refractivity contribution in [2.45, 2.75) is 44.4 Å². The molecule has 0 amide bonds. The first-order valence-electron chi connectivity index (χ1n) is 8.60. The molecule has 0 saturated carbocycles. The molecule has 3 heteroatoms. The van der Waals surface area contributed by atoms with Gasteiger partial charge in [-0.25, -0.2) is 0 Å². The van der Waals surface area contributed by atoms with Crippen LogP contribution < -0.4 is 0 Å². The van der Waals surface area contributed by atoms with Gasteiger partial charge in [-0.2, -0.15) is 0 Å². The molecule has 0 aliphatic carbocycles. The minimum absolute atomic E-state index is 0.154. The van der Waals surface area contributed by atoms with E-state index in [0.717, 1.165) is 17.7 Å². The van der Waals surface area contributed by atoms with Crippen LogP contribution in [-0.2, 0) is 22.4 Å². The lowest BCUT2D eigenvalue weighted by Gasteiger charge is -2.05. The number of thioether (sulfide) groups is 1. The van der Waals surface area contributed by atoms with Gasteiger partial charge in [-0.3, -0.25) is 4.79 Å². The largest absolute Gasteiger partial charge is 0.466 e. The summed E-state index contributed by atoms with van der Waals surface area (Å²) in [4.78, 5) is 12.8. The van der Waals surface area contributed by atoms with Crippen molar-refractivity contribution >= 4 is 17.7 Å². The van der Waals surface area contributed by atoms with Gasteiger partial charge in [0.25, 0.3) is 0 Å². The van der Waals surface area contributed by atoms with Gasteiger partial charge in [-0.05, 0) is 62.1 Å². The summed E-state index contributed by atoms with van der Waals surface area (Å²) in [6, 6.07) is 17.0. The highest BCUT2D eigenvalue weighted by Gasteiger charge is 2.03. The van der Waals surface area contributed by atoms with Crippen LogP contribution in [0.2, 0.25) is 0 Å². The second-order valence-corrected chi connectivity index (χ2v) is 7.09. The van der Waals surface area contributed by atoms with Crippen LogP contribution in [0.25, 0.3) is 0 Å². The highest BCUT2D eigenvalue weighted by Crippen LogP contribution is 2.20. The van der Waals surface area contributed by atoms with Gasteiger partial charge in [0.15, 0.2) is 0 Å². The molecular weight excluding hydrogens is 316 g/mol. The van der Waals surface area contributed by atoms with Gasteiger partial charge < -0.3 is 4.74 Å². The lowest BCUT2D eigenvalue weighted by Crippen LogP contribution is -2.07. The molecule has 0 unspecified atom stereocenters. The molecule has 0 aliphatic heterocycles. The minimum atomic E-state index is -0.154. The highest BCUT2D eigenvalue weighted by molar-refractivity contribution is 7.99. The van der Waals surface area contributed by atoms with E-state index in [4.69, 9.17) is 4.74 Å². The minimum Gasteiger partial charge on any atom is -0.466 e. The summed E-state index contributed by atoms with van der Waals surface area (Å²) >= 11 is 1.93. The maximum atomic E-state index is 11.5. The van der Waals surface area contributed by atoms with E-state index in [2.05, 4.69) is 43.3 Å². The monoisotopic (exact) mass is 342 g/mol. The Bertz CT molecular complexity index is 635. The lowest BCUT2D eigenvalue weighted by atomic mass is 10.1. The van der Waals surface area contributed by atoms with Crippen molar-refractivity contribution in [2.24, 2.45) is 0 Å². The molecule has 0 saturated heterocycles. The third kappa shape index (κ3) is 6.79. The smallest absolute Gasteiger partial charge is 0.310 e. The van der Waals surface area contributed by atoms with Crippen LogP contribution >= 0.6 is 11.8 Å². The molecule has 0 fully saturated rings. The first-order chi connectivity index (χ1) is 11.7. The molecule has 0 radical (unpaired) electrons. The van der Waals surface area contributed by atoms with Crippen LogP contribution in [0.4, 0.5) is 0 Å². The zero-order chi connectivity index (χ0) is 17.2. The first kappa shape index (κ1) is 18.6. The topological polar surface area (TPSA) is 26.3 Å². The van der Waals surface area contributed by atoms with Gasteiger partial charge in [0.2, 0.25) is 0 Å². The summed E-state index contributed by atoms with van der Waals surface area (Å²) in [5, 5.41) is 0. The average Bonchev–Trinajstić information content (AvgIpc) is 2.56. The van der Waals surface area contributed by atoms with E-state index in [9.17, 15) is 4.79 Å². The number of ether oxygens (including phenoxy) is 1. The summed E-state index contributed by atoms with van der Waals surface area (Å²) in [5.74, 6) is 1.00. The van der Waals surface area contributed by atoms with E-state index in [0.29, 0.717) is 13.0 Å². The van der Waals surface area contributed by atoms with E-state index in [1.54, 1.807) is 0 Å². The van der Waals surface area contributed by atoms with E-state index >= 15 is 0 Å². The van der Waals surface area contributed by atoms with Gasteiger partial charge in [0.1, 0.15) is 0 Å². The standard InChI is InChI=1S/C21H26O2S/c1-3-23-21(22)16-19-12-10-18(11-13-19)8-4-5-14-24-20-9-6-7-17(2)15-20/h6-7,9-13,15H,3-5,8,14,16H2,1-2H3. The Kier molecular flexibility index (Phi) is 7.90. The fourth-order valence-corrected chi connectivity index (χ4v) is 3.56. The predicted octanol–water partition coefficient (Wildman–Crippen LogP) is 5.22. The molecule has 0 aromatic heterocycles. The van der Waals surface area contributed by atoms with Crippen LogP contribution in [0.3, 0.4) is 0 Å². The Morgan fingerprint density at radius 2 is 1.79 bits per heavy atom. The van der Waals surface area contributed by atoms with Gasteiger partial charge >= 0.3 is 5.97 Å². The number of benzene rings is 2. The number of carbonyl (C=O) groups is 1. The molecule has 0 aliphatic rings. The van der Waals surface area contributed by atoms with Crippen LogP contribution in [0.5, 0.6) is 0 Å². The van der Waals surface area contributed by atoms with Crippen molar-refractivity contribution in [1.82, 2.24) is 0 Å². The van der Waals surface area contributed by atoms with Crippen molar-refractivity contribution in [3.8, 4) is 0 Å². The number of aryl methyl sites for hydroxylation is 2. The molecule has 0 atom stereocenters. The van der Waals surface area contributed by atoms with Crippen molar-refractivity contribution in [3.05, 3.63) is 65.2 Å². The second-order valence-electron chi connectivity index (χ2n) is 5.92. The van der Waals surface area contributed by atoms with Crippen molar-refractivity contribution in [2.75, 3.05) is 12.4 Å². The number of rotatable bonds is 9. The number of carbonyl (C=O) groups excluding carboxylic acids is 1. The molecule has 0 N–H and O–H groups in total. The van der Waals surface area contributed by atoms with Gasteiger partial charge in [-0.1, -0.05) is 42.0 Å². The third-order valence-electron chi connectivity index (χ3n) is 3.79. The normalized spacial score (nSPS) is 10.6. The summed E-state index contributed by atoms with van der Waals surface area (Å²) in [5.41, 5.74) is 3.68. The molecule has 2 aromatic rings. The third-order valence-corrected chi connectivity index (χ3v) is 4.87. The van der Waals surface area contributed by atoms with Crippen LogP contribution in [0, 0.1) is 6.92 Å². The Morgan fingerprint density at radius 1 is 1.04 bits per heavy atom. The van der Waals surface area contributed by atoms with Gasteiger partial charge in [0.05, 0.1) is 13.0 Å². The van der Waals surface area contributed by atoms with Crippen LogP contribution in [-0.4, -0.2) is 18.3 Å². The Hall–Kier alpha value is -1.74. The number of hydrogen-bond acceptors (Lipinski definition) is 3. The van der Waals surface area contributed by atoms with E-state index < -0.39 is 0 Å². The summed E-state index contributed by atoms with van der Waals surface area (Å²) in [6.45, 7) is 4.41. The zero-order valence-corrected chi connectivity index (χ0v) is 15.4. The Morgan fingerprint density at radius 3 is 2.50 bits per heavy atom. The molecule has 2 aromatic carbocycles.